The predicted octanol–water partition coefficient (Wildman–Crippen LogP) is 2.85. The summed E-state index contributed by atoms with van der Waals surface area (Å²) in [5.41, 5.74) is 0. The second-order valence-corrected chi connectivity index (χ2v) is 6.47. The quantitative estimate of drug-likeness (QED) is 0.515. The molecule has 0 spiro atoms. The Hall–Kier alpha value is -0.710. The molecule has 4 heteroatoms. The Kier molecular flexibility index (Phi) is 5.55. The fourth-order valence-corrected chi connectivity index (χ4v) is 2.75. The molecule has 1 aromatic rings. The summed E-state index contributed by atoms with van der Waals surface area (Å²) < 4.78 is 5.59. The number of nitrogens with zero attached hydrogens (tertiary/aromatic N) is 1. The Morgan fingerprint density at radius 3 is 2.89 bits per heavy atom. The van der Waals surface area contributed by atoms with Crippen LogP contribution in [0.2, 0.25) is 0 Å². The molecule has 0 atom stereocenters. The molecule has 19 heavy (non-hydrogen) atoms. The van der Waals surface area contributed by atoms with Crippen LogP contribution < -0.4 is 0 Å². The van der Waals surface area contributed by atoms with Crippen molar-refractivity contribution in [1.82, 2.24) is 4.90 Å². The van der Waals surface area contributed by atoms with E-state index in [0.29, 0.717) is 6.54 Å². The van der Waals surface area contributed by atoms with E-state index in [0.717, 1.165) is 37.0 Å². The number of rotatable bonds is 9. The van der Waals surface area contributed by atoms with Crippen molar-refractivity contribution in [3.8, 4) is 0 Å². The fraction of sp³-hybridized carbons (Fsp3) is 0.667. The maximum Gasteiger partial charge on any atom is 0.186 e. The fourth-order valence-electron chi connectivity index (χ4n) is 1.87. The highest BCUT2D eigenvalue weighted by Gasteiger charge is 2.21. The van der Waals surface area contributed by atoms with E-state index < -0.39 is 0 Å². The molecule has 0 amide bonds. The van der Waals surface area contributed by atoms with Crippen LogP contribution in [0.1, 0.15) is 34.3 Å². The average Bonchev–Trinajstić information content (AvgIpc) is 3.09. The van der Waals surface area contributed by atoms with E-state index in [1.807, 2.05) is 18.0 Å². The van der Waals surface area contributed by atoms with E-state index in [4.69, 9.17) is 4.74 Å². The first-order valence-electron chi connectivity index (χ1n) is 7.07. The number of Topliss-reactive ketones (excluding diaryl/α,β-unsaturated/α-hetero) is 1. The summed E-state index contributed by atoms with van der Waals surface area (Å²) in [5.74, 6) is 1.03. The third-order valence-corrected chi connectivity index (χ3v) is 4.64. The normalized spacial score (nSPS) is 15.1. The van der Waals surface area contributed by atoms with Crippen LogP contribution >= 0.6 is 11.3 Å². The molecule has 3 nitrogen and oxygen atoms in total. The van der Waals surface area contributed by atoms with Gasteiger partial charge in [-0.15, -0.1) is 11.3 Å². The van der Waals surface area contributed by atoms with E-state index in [1.54, 1.807) is 11.3 Å². The van der Waals surface area contributed by atoms with Crippen molar-refractivity contribution in [2.24, 2.45) is 5.92 Å². The van der Waals surface area contributed by atoms with E-state index >= 15 is 0 Å². The lowest BCUT2D eigenvalue weighted by Crippen LogP contribution is -2.29. The molecular formula is C15H23NO2S. The first-order chi connectivity index (χ1) is 9.19. The number of carbonyl (C=O) groups excluding carboxylic acids is 1. The lowest BCUT2D eigenvalue weighted by molar-refractivity contribution is 0.0864. The molecule has 0 bridgehead atoms. The zero-order chi connectivity index (χ0) is 13.7. The van der Waals surface area contributed by atoms with E-state index in [1.165, 1.54) is 17.7 Å². The summed E-state index contributed by atoms with van der Waals surface area (Å²) in [6, 6.07) is 4.00. The van der Waals surface area contributed by atoms with Crippen molar-refractivity contribution in [3.05, 3.63) is 21.9 Å². The van der Waals surface area contributed by atoms with Gasteiger partial charge >= 0.3 is 0 Å². The predicted molar refractivity (Wildman–Crippen MR) is 79.1 cm³/mol. The number of carbonyl (C=O) groups is 1. The highest BCUT2D eigenvalue weighted by molar-refractivity contribution is 7.14. The van der Waals surface area contributed by atoms with E-state index in [2.05, 4.69) is 13.0 Å². The lowest BCUT2D eigenvalue weighted by Gasteiger charge is -2.15. The third kappa shape index (κ3) is 5.05. The molecule has 1 aliphatic rings. The molecule has 1 heterocycles. The summed E-state index contributed by atoms with van der Waals surface area (Å²) >= 11 is 1.62. The van der Waals surface area contributed by atoms with Crippen LogP contribution in [0.5, 0.6) is 0 Å². The molecule has 2 rings (SSSR count). The number of hydrogen-bond donors (Lipinski definition) is 0. The Morgan fingerprint density at radius 2 is 2.26 bits per heavy atom. The third-order valence-electron chi connectivity index (χ3n) is 3.37. The number of aryl methyl sites for hydroxylation is 1. The number of likely N-dealkylation sites (N-methyl/N-ethyl adjacent to an activating group) is 1. The lowest BCUT2D eigenvalue weighted by atomic mass is 10.3. The van der Waals surface area contributed by atoms with Crippen LogP contribution in [0.15, 0.2) is 12.1 Å². The molecule has 0 radical (unpaired) electrons. The number of thiophene rings is 1. The van der Waals surface area contributed by atoms with Crippen LogP contribution in [0.4, 0.5) is 0 Å². The van der Waals surface area contributed by atoms with Gasteiger partial charge in [-0.2, -0.15) is 0 Å². The van der Waals surface area contributed by atoms with Gasteiger partial charge in [0, 0.05) is 18.0 Å². The summed E-state index contributed by atoms with van der Waals surface area (Å²) in [6.45, 7) is 5.04. The first-order valence-corrected chi connectivity index (χ1v) is 7.89. The molecule has 0 unspecified atom stereocenters. The largest absolute Gasteiger partial charge is 0.380 e. The second-order valence-electron chi connectivity index (χ2n) is 5.30. The monoisotopic (exact) mass is 281 g/mol. The molecule has 1 aliphatic carbocycles. The minimum absolute atomic E-state index is 0.217. The van der Waals surface area contributed by atoms with Crippen LogP contribution in [0.3, 0.4) is 0 Å². The van der Waals surface area contributed by atoms with Crippen molar-refractivity contribution >= 4 is 17.1 Å². The van der Waals surface area contributed by atoms with Crippen molar-refractivity contribution in [1.29, 1.82) is 0 Å². The molecule has 0 N–H and O–H groups in total. The maximum absolute atomic E-state index is 12.1. The number of ketones is 1. The zero-order valence-electron chi connectivity index (χ0n) is 11.9. The van der Waals surface area contributed by atoms with Gasteiger partial charge in [0.05, 0.1) is 18.0 Å². The second kappa shape index (κ2) is 7.17. The average molecular weight is 281 g/mol. The molecular weight excluding hydrogens is 258 g/mol. The van der Waals surface area contributed by atoms with Crippen molar-refractivity contribution < 1.29 is 9.53 Å². The van der Waals surface area contributed by atoms with Crippen molar-refractivity contribution in [2.45, 2.75) is 26.2 Å². The first kappa shape index (κ1) is 14.7. The van der Waals surface area contributed by atoms with Gasteiger partial charge < -0.3 is 4.74 Å². The van der Waals surface area contributed by atoms with Gasteiger partial charge in [-0.05, 0) is 44.4 Å². The van der Waals surface area contributed by atoms with Crippen LogP contribution in [-0.4, -0.2) is 44.0 Å². The van der Waals surface area contributed by atoms with Gasteiger partial charge in [0.1, 0.15) is 0 Å². The van der Waals surface area contributed by atoms with Crippen LogP contribution in [0, 0.1) is 5.92 Å². The molecule has 1 saturated carbocycles. The smallest absolute Gasteiger partial charge is 0.186 e. The SMILES string of the molecule is CCc1ccc(C(=O)CN(C)CCOCC2CC2)s1. The minimum Gasteiger partial charge on any atom is -0.380 e. The standard InChI is InChI=1S/C15H23NO2S/c1-3-13-6-7-15(19-13)14(17)10-16(2)8-9-18-11-12-4-5-12/h6-7,12H,3-5,8-11H2,1-2H3. The van der Waals surface area contributed by atoms with E-state index in [9.17, 15) is 4.79 Å². The Balaban J connectivity index is 1.65. The molecule has 0 aromatic carbocycles. The topological polar surface area (TPSA) is 29.5 Å². The highest BCUT2D eigenvalue weighted by atomic mass is 32.1. The summed E-state index contributed by atoms with van der Waals surface area (Å²) in [4.78, 5) is 16.3. The summed E-state index contributed by atoms with van der Waals surface area (Å²) in [5, 5.41) is 0. The number of hydrogen-bond acceptors (Lipinski definition) is 4. The zero-order valence-corrected chi connectivity index (χ0v) is 12.7. The van der Waals surface area contributed by atoms with Gasteiger partial charge in [0.2, 0.25) is 0 Å². The van der Waals surface area contributed by atoms with E-state index in [-0.39, 0.29) is 5.78 Å². The van der Waals surface area contributed by atoms with Crippen molar-refractivity contribution in [2.75, 3.05) is 33.4 Å². The molecule has 0 aliphatic heterocycles. The molecule has 1 aromatic heterocycles. The van der Waals surface area contributed by atoms with Crippen LogP contribution in [-0.2, 0) is 11.2 Å². The van der Waals surface area contributed by atoms with Gasteiger partial charge in [-0.25, -0.2) is 0 Å². The number of ether oxygens (including phenoxy) is 1. The Morgan fingerprint density at radius 1 is 1.47 bits per heavy atom. The van der Waals surface area contributed by atoms with Crippen LogP contribution in [0.25, 0.3) is 0 Å². The molecule has 1 fully saturated rings. The van der Waals surface area contributed by atoms with Gasteiger partial charge in [-0.1, -0.05) is 6.92 Å². The van der Waals surface area contributed by atoms with Gasteiger partial charge in [-0.3, -0.25) is 9.69 Å². The highest BCUT2D eigenvalue weighted by Crippen LogP contribution is 2.28. The molecule has 0 saturated heterocycles. The Labute approximate surface area is 119 Å². The Bertz CT molecular complexity index is 412. The van der Waals surface area contributed by atoms with Gasteiger partial charge in [0.15, 0.2) is 5.78 Å². The van der Waals surface area contributed by atoms with Crippen molar-refractivity contribution in [3.63, 3.8) is 0 Å². The molecule has 106 valence electrons. The van der Waals surface area contributed by atoms with Gasteiger partial charge in [0.25, 0.3) is 0 Å². The maximum atomic E-state index is 12.1. The summed E-state index contributed by atoms with van der Waals surface area (Å²) in [6.07, 6.45) is 3.65. The summed E-state index contributed by atoms with van der Waals surface area (Å²) in [7, 11) is 1.98. The minimum atomic E-state index is 0.217.